The van der Waals surface area contributed by atoms with Gasteiger partial charge < -0.3 is 0 Å². The SMILES string of the molecule is CCCC[C@@H]([Se]c1ccccc1)[C@H]1C[C@@H](O)CO1. The van der Waals surface area contributed by atoms with Gasteiger partial charge in [0.1, 0.15) is 0 Å². The molecule has 18 heavy (non-hydrogen) atoms. The average molecular weight is 313 g/mol. The van der Waals surface area contributed by atoms with E-state index < -0.39 is 0 Å². The number of unbranched alkanes of at least 4 members (excludes halogenated alkanes) is 1. The van der Waals surface area contributed by atoms with Crippen LogP contribution in [0.4, 0.5) is 0 Å². The molecule has 1 saturated heterocycles. The molecule has 2 rings (SSSR count). The Balaban J connectivity index is 1.96. The maximum absolute atomic E-state index is 9.62. The third kappa shape index (κ3) is 4.10. The first-order valence-electron chi connectivity index (χ1n) is 6.81. The van der Waals surface area contributed by atoms with Crippen molar-refractivity contribution in [1.82, 2.24) is 0 Å². The van der Waals surface area contributed by atoms with Crippen molar-refractivity contribution in [2.75, 3.05) is 6.61 Å². The quantitative estimate of drug-likeness (QED) is 0.816. The predicted molar refractivity (Wildman–Crippen MR) is 75.5 cm³/mol. The zero-order valence-corrected chi connectivity index (χ0v) is 12.6. The minimum absolute atomic E-state index is 0.245. The molecule has 0 spiro atoms. The average Bonchev–Trinajstić information content (AvgIpc) is 2.82. The predicted octanol–water partition coefficient (Wildman–Crippen LogP) is 2.14. The Morgan fingerprint density at radius 3 is 2.78 bits per heavy atom. The van der Waals surface area contributed by atoms with Crippen LogP contribution in [0.15, 0.2) is 30.3 Å². The number of aliphatic hydroxyl groups is 1. The van der Waals surface area contributed by atoms with Crippen molar-refractivity contribution in [2.24, 2.45) is 0 Å². The number of hydrogen-bond acceptors (Lipinski definition) is 2. The molecule has 1 aromatic carbocycles. The van der Waals surface area contributed by atoms with E-state index in [0.717, 1.165) is 6.42 Å². The van der Waals surface area contributed by atoms with Gasteiger partial charge in [0.15, 0.2) is 0 Å². The Labute approximate surface area is 116 Å². The van der Waals surface area contributed by atoms with Crippen molar-refractivity contribution >= 4 is 19.4 Å². The van der Waals surface area contributed by atoms with Crippen LogP contribution in [0.2, 0.25) is 4.82 Å². The summed E-state index contributed by atoms with van der Waals surface area (Å²) in [5.41, 5.74) is 0. The standard InChI is InChI=1S/C15H22O2Se/c1-2-3-9-15(14-10-12(16)11-17-14)18-13-7-5-4-6-8-13/h4-8,12,14-16H,2-3,9-11H2,1H3/t12-,14-,15-/m1/s1. The molecule has 3 heteroatoms. The van der Waals surface area contributed by atoms with E-state index in [-0.39, 0.29) is 12.2 Å². The number of hydrogen-bond donors (Lipinski definition) is 1. The summed E-state index contributed by atoms with van der Waals surface area (Å²) >= 11 is 0.450. The molecule has 2 nitrogen and oxygen atoms in total. The second-order valence-corrected chi connectivity index (χ2v) is 7.63. The van der Waals surface area contributed by atoms with Gasteiger partial charge in [-0.1, -0.05) is 0 Å². The van der Waals surface area contributed by atoms with Crippen molar-refractivity contribution in [3.63, 3.8) is 0 Å². The van der Waals surface area contributed by atoms with E-state index >= 15 is 0 Å². The molecule has 0 aromatic heterocycles. The van der Waals surface area contributed by atoms with E-state index in [0.29, 0.717) is 26.4 Å². The molecule has 0 radical (unpaired) electrons. The Hall–Kier alpha value is -0.341. The van der Waals surface area contributed by atoms with Crippen LogP contribution in [0.1, 0.15) is 32.6 Å². The zero-order valence-electron chi connectivity index (χ0n) is 10.9. The molecule has 1 heterocycles. The summed E-state index contributed by atoms with van der Waals surface area (Å²) in [6, 6.07) is 10.7. The van der Waals surface area contributed by atoms with Crippen LogP contribution in [-0.4, -0.2) is 38.9 Å². The number of ether oxygens (including phenoxy) is 1. The van der Waals surface area contributed by atoms with Crippen LogP contribution in [0.5, 0.6) is 0 Å². The first-order valence-corrected chi connectivity index (χ1v) is 8.65. The minimum atomic E-state index is -0.245. The maximum atomic E-state index is 9.62. The van der Waals surface area contributed by atoms with Gasteiger partial charge in [-0.15, -0.1) is 0 Å². The van der Waals surface area contributed by atoms with Gasteiger partial charge in [0.25, 0.3) is 0 Å². The summed E-state index contributed by atoms with van der Waals surface area (Å²) in [5.74, 6) is 0. The molecule has 1 aliphatic rings. The molecule has 0 saturated carbocycles. The summed E-state index contributed by atoms with van der Waals surface area (Å²) in [7, 11) is 0. The molecular formula is C15H22O2Se. The summed E-state index contributed by atoms with van der Waals surface area (Å²) in [4.78, 5) is 0.608. The fourth-order valence-electron chi connectivity index (χ4n) is 2.30. The third-order valence-corrected chi connectivity index (χ3v) is 6.20. The van der Waals surface area contributed by atoms with Crippen LogP contribution >= 0.6 is 0 Å². The molecule has 1 fully saturated rings. The molecule has 1 aromatic rings. The van der Waals surface area contributed by atoms with Gasteiger partial charge in [-0.05, 0) is 0 Å². The topological polar surface area (TPSA) is 29.5 Å². The van der Waals surface area contributed by atoms with Gasteiger partial charge in [-0.2, -0.15) is 0 Å². The first kappa shape index (κ1) is 14.1. The van der Waals surface area contributed by atoms with E-state index in [1.165, 1.54) is 23.7 Å². The Bertz CT molecular complexity index is 342. The van der Waals surface area contributed by atoms with Crippen molar-refractivity contribution in [1.29, 1.82) is 0 Å². The molecule has 0 unspecified atom stereocenters. The molecule has 0 bridgehead atoms. The van der Waals surface area contributed by atoms with Gasteiger partial charge in [-0.3, -0.25) is 0 Å². The van der Waals surface area contributed by atoms with E-state index in [2.05, 4.69) is 37.3 Å². The van der Waals surface area contributed by atoms with Gasteiger partial charge in [-0.25, -0.2) is 0 Å². The van der Waals surface area contributed by atoms with Crippen molar-refractivity contribution < 1.29 is 9.84 Å². The van der Waals surface area contributed by atoms with Gasteiger partial charge >= 0.3 is 116 Å². The number of rotatable bonds is 6. The summed E-state index contributed by atoms with van der Waals surface area (Å²) in [6.07, 6.45) is 4.56. The van der Waals surface area contributed by atoms with E-state index in [9.17, 15) is 5.11 Å². The number of aliphatic hydroxyl groups excluding tert-OH is 1. The summed E-state index contributed by atoms with van der Waals surface area (Å²) in [6.45, 7) is 2.76. The fourth-order valence-corrected chi connectivity index (χ4v) is 5.00. The molecular weight excluding hydrogens is 291 g/mol. The van der Waals surface area contributed by atoms with E-state index in [1.807, 2.05) is 0 Å². The second kappa shape index (κ2) is 7.30. The molecule has 0 aliphatic carbocycles. The molecule has 1 N–H and O–H groups in total. The third-order valence-electron chi connectivity index (χ3n) is 3.29. The zero-order chi connectivity index (χ0) is 12.8. The summed E-state index contributed by atoms with van der Waals surface area (Å²) in [5, 5.41) is 9.62. The van der Waals surface area contributed by atoms with Crippen molar-refractivity contribution in [3.8, 4) is 0 Å². The van der Waals surface area contributed by atoms with Gasteiger partial charge in [0, 0.05) is 0 Å². The van der Waals surface area contributed by atoms with E-state index in [1.54, 1.807) is 0 Å². The van der Waals surface area contributed by atoms with Crippen LogP contribution in [0.3, 0.4) is 0 Å². The Kier molecular flexibility index (Phi) is 5.71. The van der Waals surface area contributed by atoms with Crippen LogP contribution in [0, 0.1) is 0 Å². The van der Waals surface area contributed by atoms with Crippen molar-refractivity contribution in [2.45, 2.75) is 49.6 Å². The van der Waals surface area contributed by atoms with Crippen LogP contribution in [-0.2, 0) is 4.74 Å². The first-order chi connectivity index (χ1) is 8.79. The van der Waals surface area contributed by atoms with E-state index in [4.69, 9.17) is 4.74 Å². The molecule has 3 atom stereocenters. The molecule has 100 valence electrons. The van der Waals surface area contributed by atoms with Crippen LogP contribution in [0.25, 0.3) is 0 Å². The monoisotopic (exact) mass is 314 g/mol. The second-order valence-electron chi connectivity index (χ2n) is 4.87. The number of benzene rings is 1. The van der Waals surface area contributed by atoms with Crippen LogP contribution < -0.4 is 4.46 Å². The molecule has 0 amide bonds. The Morgan fingerprint density at radius 1 is 1.39 bits per heavy atom. The normalized spacial score (nSPS) is 25.2. The molecule has 1 aliphatic heterocycles. The van der Waals surface area contributed by atoms with Gasteiger partial charge in [0.2, 0.25) is 0 Å². The summed E-state index contributed by atoms with van der Waals surface area (Å²) < 4.78 is 7.20. The Morgan fingerprint density at radius 2 is 2.17 bits per heavy atom. The van der Waals surface area contributed by atoms with Crippen molar-refractivity contribution in [3.05, 3.63) is 30.3 Å². The fraction of sp³-hybridized carbons (Fsp3) is 0.600. The van der Waals surface area contributed by atoms with Gasteiger partial charge in [0.05, 0.1) is 0 Å².